The van der Waals surface area contributed by atoms with E-state index in [-0.39, 0.29) is 12.7 Å². The second kappa shape index (κ2) is 7.06. The summed E-state index contributed by atoms with van der Waals surface area (Å²) in [6, 6.07) is 2.13. The fourth-order valence-corrected chi connectivity index (χ4v) is 3.23. The van der Waals surface area contributed by atoms with Crippen LogP contribution in [0.3, 0.4) is 0 Å². The van der Waals surface area contributed by atoms with Crippen molar-refractivity contribution >= 4 is 11.3 Å². The number of aliphatic hydroxyl groups excluding tert-OH is 2. The van der Waals surface area contributed by atoms with E-state index in [1.54, 1.807) is 11.3 Å². The van der Waals surface area contributed by atoms with Crippen molar-refractivity contribution in [3.8, 4) is 11.8 Å². The highest BCUT2D eigenvalue weighted by molar-refractivity contribution is 7.10. The molecular weight excluding hydrogens is 258 g/mol. The van der Waals surface area contributed by atoms with Gasteiger partial charge in [0, 0.05) is 35.3 Å². The molecule has 2 rings (SSSR count). The van der Waals surface area contributed by atoms with Gasteiger partial charge in [-0.15, -0.1) is 11.3 Å². The predicted molar refractivity (Wildman–Crippen MR) is 78.0 cm³/mol. The first-order valence-corrected chi connectivity index (χ1v) is 7.64. The second-order valence-corrected chi connectivity index (χ2v) is 6.10. The summed E-state index contributed by atoms with van der Waals surface area (Å²) < 4.78 is 0. The van der Waals surface area contributed by atoms with Gasteiger partial charge < -0.3 is 10.2 Å². The standard InChI is InChI=1S/C15H21NO2S/c1-12(18)14-5-6-16(9-14)10-15-8-13(11-19-15)4-2-3-7-17/h8,11-12,14,17-18H,3,5-7,9-10H2,1H3. The molecule has 0 aliphatic carbocycles. The summed E-state index contributed by atoms with van der Waals surface area (Å²) in [5.41, 5.74) is 1.04. The van der Waals surface area contributed by atoms with Crippen LogP contribution in [-0.4, -0.2) is 40.9 Å². The largest absolute Gasteiger partial charge is 0.395 e. The van der Waals surface area contributed by atoms with Crippen molar-refractivity contribution in [2.75, 3.05) is 19.7 Å². The molecule has 1 fully saturated rings. The number of hydrogen-bond acceptors (Lipinski definition) is 4. The van der Waals surface area contributed by atoms with Crippen LogP contribution < -0.4 is 0 Å². The van der Waals surface area contributed by atoms with Crippen molar-refractivity contribution < 1.29 is 10.2 Å². The van der Waals surface area contributed by atoms with Crippen LogP contribution in [0.2, 0.25) is 0 Å². The fraction of sp³-hybridized carbons (Fsp3) is 0.600. The molecule has 0 radical (unpaired) electrons. The molecule has 0 saturated carbocycles. The van der Waals surface area contributed by atoms with Crippen LogP contribution in [0.1, 0.15) is 30.2 Å². The van der Waals surface area contributed by atoms with Crippen LogP contribution in [0.5, 0.6) is 0 Å². The Labute approximate surface area is 118 Å². The van der Waals surface area contributed by atoms with Crippen molar-refractivity contribution in [1.82, 2.24) is 4.90 Å². The van der Waals surface area contributed by atoms with Gasteiger partial charge in [0.25, 0.3) is 0 Å². The first kappa shape index (κ1) is 14.5. The molecular formula is C15H21NO2S. The van der Waals surface area contributed by atoms with Crippen LogP contribution in [0.25, 0.3) is 0 Å². The van der Waals surface area contributed by atoms with E-state index < -0.39 is 0 Å². The maximum absolute atomic E-state index is 9.60. The molecule has 104 valence electrons. The number of aliphatic hydroxyl groups is 2. The maximum Gasteiger partial charge on any atom is 0.0552 e. The normalized spacial score (nSPS) is 21.1. The number of likely N-dealkylation sites (tertiary alicyclic amines) is 1. The van der Waals surface area contributed by atoms with Gasteiger partial charge in [0.15, 0.2) is 0 Å². The molecule has 19 heavy (non-hydrogen) atoms. The fourth-order valence-electron chi connectivity index (χ4n) is 2.37. The lowest BCUT2D eigenvalue weighted by molar-refractivity contribution is 0.127. The Bertz CT molecular complexity index is 458. The molecule has 0 amide bonds. The lowest BCUT2D eigenvalue weighted by Crippen LogP contribution is -2.23. The third kappa shape index (κ3) is 4.32. The average molecular weight is 279 g/mol. The molecule has 2 atom stereocenters. The van der Waals surface area contributed by atoms with Gasteiger partial charge >= 0.3 is 0 Å². The SMILES string of the molecule is CC(O)C1CCN(Cc2cc(C#CCCO)cs2)C1. The monoisotopic (exact) mass is 279 g/mol. The molecule has 0 bridgehead atoms. The van der Waals surface area contributed by atoms with Crippen LogP contribution >= 0.6 is 11.3 Å². The topological polar surface area (TPSA) is 43.7 Å². The third-order valence-electron chi connectivity index (χ3n) is 3.49. The van der Waals surface area contributed by atoms with E-state index in [1.807, 2.05) is 6.92 Å². The van der Waals surface area contributed by atoms with E-state index >= 15 is 0 Å². The van der Waals surface area contributed by atoms with Gasteiger partial charge in [0.1, 0.15) is 0 Å². The molecule has 1 saturated heterocycles. The maximum atomic E-state index is 9.60. The van der Waals surface area contributed by atoms with Crippen LogP contribution in [0, 0.1) is 17.8 Å². The van der Waals surface area contributed by atoms with Crippen molar-refractivity contribution in [3.63, 3.8) is 0 Å². The molecule has 4 heteroatoms. The predicted octanol–water partition coefficient (Wildman–Crippen LogP) is 1.68. The molecule has 3 nitrogen and oxygen atoms in total. The summed E-state index contributed by atoms with van der Waals surface area (Å²) >= 11 is 1.73. The molecule has 1 aliphatic rings. The molecule has 1 aromatic heterocycles. The van der Waals surface area contributed by atoms with Gasteiger partial charge in [-0.25, -0.2) is 0 Å². The van der Waals surface area contributed by atoms with Crippen LogP contribution in [0.15, 0.2) is 11.4 Å². The van der Waals surface area contributed by atoms with Crippen molar-refractivity contribution in [2.24, 2.45) is 5.92 Å². The van der Waals surface area contributed by atoms with Gasteiger partial charge in [-0.05, 0) is 31.9 Å². The quantitative estimate of drug-likeness (QED) is 0.824. The first-order chi connectivity index (χ1) is 9.19. The Morgan fingerprint density at radius 1 is 1.58 bits per heavy atom. The zero-order valence-corrected chi connectivity index (χ0v) is 12.1. The van der Waals surface area contributed by atoms with E-state index in [2.05, 4.69) is 28.2 Å². The Morgan fingerprint density at radius 2 is 2.42 bits per heavy atom. The lowest BCUT2D eigenvalue weighted by atomic mass is 10.0. The molecule has 1 aliphatic heterocycles. The highest BCUT2D eigenvalue weighted by Crippen LogP contribution is 2.23. The zero-order chi connectivity index (χ0) is 13.7. The van der Waals surface area contributed by atoms with Crippen molar-refractivity contribution in [2.45, 2.75) is 32.4 Å². The molecule has 0 spiro atoms. The number of thiophene rings is 1. The van der Waals surface area contributed by atoms with E-state index in [0.29, 0.717) is 12.3 Å². The van der Waals surface area contributed by atoms with Crippen LogP contribution in [-0.2, 0) is 6.54 Å². The minimum absolute atomic E-state index is 0.124. The minimum atomic E-state index is -0.201. The third-order valence-corrected chi connectivity index (χ3v) is 4.42. The van der Waals surface area contributed by atoms with Gasteiger partial charge in [-0.2, -0.15) is 0 Å². The Balaban J connectivity index is 1.86. The Hall–Kier alpha value is -0.860. The smallest absolute Gasteiger partial charge is 0.0552 e. The summed E-state index contributed by atoms with van der Waals surface area (Å²) in [4.78, 5) is 3.72. The van der Waals surface area contributed by atoms with Gasteiger partial charge in [0.05, 0.1) is 12.7 Å². The molecule has 2 unspecified atom stereocenters. The van der Waals surface area contributed by atoms with Crippen LogP contribution in [0.4, 0.5) is 0 Å². The zero-order valence-electron chi connectivity index (χ0n) is 11.3. The van der Waals surface area contributed by atoms with E-state index in [0.717, 1.165) is 31.6 Å². The summed E-state index contributed by atoms with van der Waals surface area (Å²) in [7, 11) is 0. The molecule has 1 aromatic rings. The van der Waals surface area contributed by atoms with Gasteiger partial charge in [-0.3, -0.25) is 4.90 Å². The number of rotatable bonds is 4. The first-order valence-electron chi connectivity index (χ1n) is 6.76. The summed E-state index contributed by atoms with van der Waals surface area (Å²) in [5, 5.41) is 20.4. The van der Waals surface area contributed by atoms with Crippen molar-refractivity contribution in [1.29, 1.82) is 0 Å². The molecule has 0 aromatic carbocycles. The summed E-state index contributed by atoms with van der Waals surface area (Å²) in [5.74, 6) is 6.42. The highest BCUT2D eigenvalue weighted by Gasteiger charge is 2.25. The minimum Gasteiger partial charge on any atom is -0.395 e. The summed E-state index contributed by atoms with van der Waals surface area (Å²) in [6.07, 6.45) is 1.42. The molecule has 2 N–H and O–H groups in total. The van der Waals surface area contributed by atoms with E-state index in [4.69, 9.17) is 5.11 Å². The summed E-state index contributed by atoms with van der Waals surface area (Å²) in [6.45, 7) is 5.02. The van der Waals surface area contributed by atoms with Gasteiger partial charge in [0.2, 0.25) is 0 Å². The lowest BCUT2D eigenvalue weighted by Gasteiger charge is -2.16. The highest BCUT2D eigenvalue weighted by atomic mass is 32.1. The Kier molecular flexibility index (Phi) is 5.41. The number of nitrogens with zero attached hydrogens (tertiary/aromatic N) is 1. The average Bonchev–Trinajstić information content (AvgIpc) is 3.00. The van der Waals surface area contributed by atoms with Crippen molar-refractivity contribution in [3.05, 3.63) is 21.9 Å². The van der Waals surface area contributed by atoms with E-state index in [1.165, 1.54) is 4.88 Å². The number of hydrogen-bond donors (Lipinski definition) is 2. The van der Waals surface area contributed by atoms with E-state index in [9.17, 15) is 5.11 Å². The second-order valence-electron chi connectivity index (χ2n) is 5.10. The Morgan fingerprint density at radius 3 is 3.11 bits per heavy atom. The molecule has 2 heterocycles. The van der Waals surface area contributed by atoms with Gasteiger partial charge in [-0.1, -0.05) is 11.8 Å².